The molecule has 0 aliphatic heterocycles. The number of hydrogen-bond donors (Lipinski definition) is 1. The number of carbonyl (C=O) groups excluding carboxylic acids is 3. The summed E-state index contributed by atoms with van der Waals surface area (Å²) in [5.74, 6) is -2.65. The molecule has 1 aromatic rings. The summed E-state index contributed by atoms with van der Waals surface area (Å²) in [4.78, 5) is 32.5. The number of para-hydroxylation sites is 1. The zero-order chi connectivity index (χ0) is 14.3. The van der Waals surface area contributed by atoms with E-state index in [2.05, 4.69) is 5.32 Å². The maximum atomic E-state index is 11.5. The first-order valence-electron chi connectivity index (χ1n) is 5.38. The van der Waals surface area contributed by atoms with Crippen molar-refractivity contribution in [1.82, 2.24) is 0 Å². The average molecular weight is 281 g/mol. The Morgan fingerprint density at radius 3 is 2.47 bits per heavy atom. The number of carbonyl (C=O) groups is 3. The maximum absolute atomic E-state index is 11.5. The lowest BCUT2D eigenvalue weighted by Crippen LogP contribution is -2.25. The molecule has 0 bridgehead atoms. The van der Waals surface area contributed by atoms with Crippen molar-refractivity contribution < 1.29 is 24.6 Å². The molecule has 0 atom stereocenters. The quantitative estimate of drug-likeness (QED) is 0.633. The van der Waals surface area contributed by atoms with Crippen LogP contribution in [0, 0.1) is 0 Å². The number of thioether (sulfide) groups is 1. The van der Waals surface area contributed by atoms with E-state index in [1.165, 1.54) is 18.2 Å². The molecule has 102 valence electrons. The number of carboxylic acids is 2. The van der Waals surface area contributed by atoms with E-state index in [9.17, 15) is 24.6 Å². The summed E-state index contributed by atoms with van der Waals surface area (Å²) in [7, 11) is 0. The van der Waals surface area contributed by atoms with Crippen molar-refractivity contribution in [2.75, 3.05) is 16.8 Å². The van der Waals surface area contributed by atoms with Crippen molar-refractivity contribution in [3.63, 3.8) is 0 Å². The van der Waals surface area contributed by atoms with Gasteiger partial charge in [-0.1, -0.05) is 18.2 Å². The molecule has 0 heterocycles. The summed E-state index contributed by atoms with van der Waals surface area (Å²) in [6, 6.07) is 5.89. The summed E-state index contributed by atoms with van der Waals surface area (Å²) < 4.78 is 0. The van der Waals surface area contributed by atoms with Gasteiger partial charge in [-0.2, -0.15) is 11.8 Å². The topological polar surface area (TPSA) is 109 Å². The van der Waals surface area contributed by atoms with Crippen LogP contribution in [-0.4, -0.2) is 29.4 Å². The minimum atomic E-state index is -1.37. The Hall–Kier alpha value is -2.02. The molecule has 19 heavy (non-hydrogen) atoms. The molecule has 0 aliphatic rings. The van der Waals surface area contributed by atoms with Gasteiger partial charge in [-0.25, -0.2) is 0 Å². The van der Waals surface area contributed by atoms with Crippen molar-refractivity contribution in [2.24, 2.45) is 0 Å². The third-order valence-corrected chi connectivity index (χ3v) is 3.06. The van der Waals surface area contributed by atoms with Crippen LogP contribution in [0.4, 0.5) is 5.69 Å². The van der Waals surface area contributed by atoms with E-state index in [-0.39, 0.29) is 29.2 Å². The second kappa shape index (κ2) is 7.42. The second-order valence-corrected chi connectivity index (χ2v) is 4.66. The molecular weight excluding hydrogens is 270 g/mol. The monoisotopic (exact) mass is 281 g/mol. The van der Waals surface area contributed by atoms with Crippen LogP contribution < -0.4 is 15.5 Å². The third-order valence-electron chi connectivity index (χ3n) is 2.10. The second-order valence-electron chi connectivity index (χ2n) is 3.56. The van der Waals surface area contributed by atoms with E-state index >= 15 is 0 Å². The van der Waals surface area contributed by atoms with Crippen LogP contribution in [0.15, 0.2) is 24.3 Å². The summed E-state index contributed by atoms with van der Waals surface area (Å²) in [5.41, 5.74) is 0.0589. The van der Waals surface area contributed by atoms with Gasteiger partial charge in [-0.15, -0.1) is 0 Å². The highest BCUT2D eigenvalue weighted by Crippen LogP contribution is 2.14. The summed E-state index contributed by atoms with van der Waals surface area (Å²) in [6.45, 7) is 0. The summed E-state index contributed by atoms with van der Waals surface area (Å²) >= 11 is 1.13. The number of aliphatic carboxylic acids is 1. The highest BCUT2D eigenvalue weighted by Gasteiger charge is 2.07. The molecule has 1 N–H and O–H groups in total. The van der Waals surface area contributed by atoms with Gasteiger partial charge < -0.3 is 25.1 Å². The molecule has 0 spiro atoms. The number of benzene rings is 1. The smallest absolute Gasteiger partial charge is 0.234 e. The van der Waals surface area contributed by atoms with Gasteiger partial charge in [0.1, 0.15) is 0 Å². The number of amides is 1. The molecule has 7 heteroatoms. The largest absolute Gasteiger partial charge is 0.550 e. The predicted octanol–water partition coefficient (Wildman–Crippen LogP) is -1.14. The molecule has 1 rings (SSSR count). The van der Waals surface area contributed by atoms with E-state index in [1.807, 2.05) is 0 Å². The number of anilines is 1. The fourth-order valence-electron chi connectivity index (χ4n) is 1.28. The SMILES string of the molecule is O=C([O-])CCSCC(=O)Nc1ccccc1C(=O)[O-]. The molecule has 0 unspecified atom stereocenters. The van der Waals surface area contributed by atoms with Crippen LogP contribution >= 0.6 is 11.8 Å². The zero-order valence-corrected chi connectivity index (χ0v) is 10.7. The summed E-state index contributed by atoms with van der Waals surface area (Å²) in [5, 5.41) is 23.4. The third kappa shape index (κ3) is 5.43. The molecule has 0 saturated carbocycles. The minimum absolute atomic E-state index is 0.0364. The van der Waals surface area contributed by atoms with Crippen LogP contribution in [0.25, 0.3) is 0 Å². The Bertz CT molecular complexity index is 489. The van der Waals surface area contributed by atoms with E-state index in [0.717, 1.165) is 11.8 Å². The maximum Gasteiger partial charge on any atom is 0.234 e. The number of carboxylic acid groups (broad SMARTS) is 2. The molecular formula is C12H11NO5S-2. The van der Waals surface area contributed by atoms with E-state index in [4.69, 9.17) is 0 Å². The lowest BCUT2D eigenvalue weighted by atomic mass is 10.2. The average Bonchev–Trinajstić information content (AvgIpc) is 2.35. The van der Waals surface area contributed by atoms with E-state index in [1.54, 1.807) is 6.07 Å². The predicted molar refractivity (Wildman–Crippen MR) is 66.4 cm³/mol. The fraction of sp³-hybridized carbons (Fsp3) is 0.250. The Kier molecular flexibility index (Phi) is 5.87. The van der Waals surface area contributed by atoms with Crippen molar-refractivity contribution >= 4 is 35.3 Å². The summed E-state index contributed by atoms with van der Waals surface area (Å²) in [6.07, 6.45) is -0.131. The van der Waals surface area contributed by atoms with Crippen LogP contribution in [0.5, 0.6) is 0 Å². The Labute approximate surface area is 113 Å². The number of aromatic carboxylic acids is 1. The molecule has 0 fully saturated rings. The van der Waals surface area contributed by atoms with Gasteiger partial charge in [0.05, 0.1) is 11.7 Å². The Morgan fingerprint density at radius 1 is 1.16 bits per heavy atom. The van der Waals surface area contributed by atoms with Gasteiger partial charge in [-0.3, -0.25) is 4.79 Å². The van der Waals surface area contributed by atoms with Crippen molar-refractivity contribution in [3.8, 4) is 0 Å². The highest BCUT2D eigenvalue weighted by molar-refractivity contribution is 7.99. The molecule has 6 nitrogen and oxygen atoms in total. The Morgan fingerprint density at radius 2 is 1.84 bits per heavy atom. The lowest BCUT2D eigenvalue weighted by molar-refractivity contribution is -0.305. The van der Waals surface area contributed by atoms with E-state index < -0.39 is 17.8 Å². The number of nitrogens with one attached hydrogen (secondary N) is 1. The van der Waals surface area contributed by atoms with Gasteiger partial charge in [0.15, 0.2) is 0 Å². The standard InChI is InChI=1S/C12H13NO5S/c14-10(7-19-6-5-11(15)16)13-9-4-2-1-3-8(9)12(17)18/h1-4H,5-7H2,(H,13,14)(H,15,16)(H,17,18)/p-2. The molecule has 1 aromatic carbocycles. The van der Waals surface area contributed by atoms with Gasteiger partial charge in [0.2, 0.25) is 5.91 Å². The first-order valence-corrected chi connectivity index (χ1v) is 6.54. The van der Waals surface area contributed by atoms with Crippen LogP contribution in [-0.2, 0) is 9.59 Å². The zero-order valence-electron chi connectivity index (χ0n) is 9.88. The van der Waals surface area contributed by atoms with Crippen molar-refractivity contribution in [2.45, 2.75) is 6.42 Å². The van der Waals surface area contributed by atoms with Crippen molar-refractivity contribution in [1.29, 1.82) is 0 Å². The molecule has 0 saturated heterocycles. The Balaban J connectivity index is 2.48. The molecule has 0 aromatic heterocycles. The van der Waals surface area contributed by atoms with Gasteiger partial charge in [0, 0.05) is 17.2 Å². The van der Waals surface area contributed by atoms with E-state index in [0.29, 0.717) is 0 Å². The van der Waals surface area contributed by atoms with Crippen molar-refractivity contribution in [3.05, 3.63) is 29.8 Å². The number of rotatable bonds is 7. The molecule has 0 aliphatic carbocycles. The first kappa shape index (κ1) is 15.0. The highest BCUT2D eigenvalue weighted by atomic mass is 32.2. The van der Waals surface area contributed by atoms with Gasteiger partial charge in [-0.05, 0) is 18.2 Å². The normalized spacial score (nSPS) is 9.89. The van der Waals surface area contributed by atoms with Gasteiger partial charge >= 0.3 is 0 Å². The van der Waals surface area contributed by atoms with Crippen LogP contribution in [0.2, 0.25) is 0 Å². The van der Waals surface area contributed by atoms with Crippen LogP contribution in [0.3, 0.4) is 0 Å². The molecule has 0 radical (unpaired) electrons. The first-order chi connectivity index (χ1) is 9.00. The number of hydrogen-bond acceptors (Lipinski definition) is 6. The fourth-order valence-corrected chi connectivity index (χ4v) is 1.99. The minimum Gasteiger partial charge on any atom is -0.550 e. The van der Waals surface area contributed by atoms with Gasteiger partial charge in [0.25, 0.3) is 0 Å². The molecule has 1 amide bonds. The lowest BCUT2D eigenvalue weighted by Gasteiger charge is -2.11. The van der Waals surface area contributed by atoms with Crippen LogP contribution in [0.1, 0.15) is 16.8 Å².